The Balaban J connectivity index is 2.50. The van der Waals surface area contributed by atoms with Crippen LogP contribution in [0.2, 0.25) is 0 Å². The topological polar surface area (TPSA) is 111 Å². The zero-order chi connectivity index (χ0) is 16.5. The van der Waals surface area contributed by atoms with Crippen LogP contribution in [0.4, 0.5) is 5.69 Å². The summed E-state index contributed by atoms with van der Waals surface area (Å²) in [6.45, 7) is 1.65. The predicted molar refractivity (Wildman–Crippen MR) is 82.3 cm³/mol. The van der Waals surface area contributed by atoms with Gasteiger partial charge in [-0.2, -0.15) is 0 Å². The lowest BCUT2D eigenvalue weighted by atomic mass is 10.1. The summed E-state index contributed by atoms with van der Waals surface area (Å²) in [5, 5.41) is 5.15. The maximum absolute atomic E-state index is 11.8. The van der Waals surface area contributed by atoms with Crippen LogP contribution >= 0.6 is 0 Å². The molecule has 0 heterocycles. The van der Waals surface area contributed by atoms with Crippen LogP contribution in [0.1, 0.15) is 30.1 Å². The molecule has 0 fully saturated rings. The van der Waals surface area contributed by atoms with E-state index in [-0.39, 0.29) is 24.4 Å². The second kappa shape index (κ2) is 8.78. The molecular weight excluding hydrogens is 286 g/mol. The van der Waals surface area contributed by atoms with Crippen molar-refractivity contribution < 1.29 is 19.1 Å². The highest BCUT2D eigenvalue weighted by Crippen LogP contribution is 2.10. The molecule has 1 atom stereocenters. The van der Waals surface area contributed by atoms with Gasteiger partial charge in [0.1, 0.15) is 6.54 Å². The smallest absolute Gasteiger partial charge is 0.325 e. The maximum Gasteiger partial charge on any atom is 0.325 e. The molecule has 0 radical (unpaired) electrons. The lowest BCUT2D eigenvalue weighted by Gasteiger charge is -2.08. The van der Waals surface area contributed by atoms with E-state index in [4.69, 9.17) is 5.73 Å². The van der Waals surface area contributed by atoms with E-state index in [9.17, 15) is 14.4 Å². The van der Waals surface area contributed by atoms with Crippen LogP contribution in [-0.4, -0.2) is 37.5 Å². The molecule has 0 aliphatic rings. The molecule has 2 amide bonds. The normalized spacial score (nSPS) is 11.4. The number of rotatable bonds is 7. The molecule has 0 bridgehead atoms. The number of esters is 1. The largest absolute Gasteiger partial charge is 0.468 e. The average molecular weight is 307 g/mol. The van der Waals surface area contributed by atoms with Crippen LogP contribution in [-0.2, 0) is 14.3 Å². The van der Waals surface area contributed by atoms with Crippen molar-refractivity contribution in [1.82, 2.24) is 5.32 Å². The maximum atomic E-state index is 11.8. The van der Waals surface area contributed by atoms with Gasteiger partial charge in [0, 0.05) is 23.7 Å². The molecule has 7 heteroatoms. The van der Waals surface area contributed by atoms with Crippen LogP contribution in [0.3, 0.4) is 0 Å². The van der Waals surface area contributed by atoms with Gasteiger partial charge in [-0.05, 0) is 37.6 Å². The first-order valence-corrected chi connectivity index (χ1v) is 6.93. The SMILES string of the molecule is COC(=O)CNC(=O)c1ccc(NC(=O)CCC(C)N)cc1. The quantitative estimate of drug-likeness (QED) is 0.641. The van der Waals surface area contributed by atoms with Crippen LogP contribution < -0.4 is 16.4 Å². The van der Waals surface area contributed by atoms with Crippen molar-refractivity contribution in [3.63, 3.8) is 0 Å². The van der Waals surface area contributed by atoms with Crippen molar-refractivity contribution in [3.8, 4) is 0 Å². The van der Waals surface area contributed by atoms with Crippen molar-refractivity contribution in [2.45, 2.75) is 25.8 Å². The van der Waals surface area contributed by atoms with E-state index in [1.807, 2.05) is 6.92 Å². The number of hydrogen-bond acceptors (Lipinski definition) is 5. The first-order valence-electron chi connectivity index (χ1n) is 6.93. The van der Waals surface area contributed by atoms with Crippen molar-refractivity contribution in [2.75, 3.05) is 19.0 Å². The Labute approximate surface area is 129 Å². The minimum absolute atomic E-state index is 0.0216. The van der Waals surface area contributed by atoms with Crippen molar-refractivity contribution in [1.29, 1.82) is 0 Å². The molecule has 1 aromatic rings. The molecule has 0 aliphatic heterocycles. The monoisotopic (exact) mass is 307 g/mol. The van der Waals surface area contributed by atoms with Crippen LogP contribution in [0.25, 0.3) is 0 Å². The second-order valence-corrected chi connectivity index (χ2v) is 4.90. The molecule has 4 N–H and O–H groups in total. The van der Waals surface area contributed by atoms with Gasteiger partial charge in [0.25, 0.3) is 5.91 Å². The van der Waals surface area contributed by atoms with Crippen molar-refractivity contribution in [2.24, 2.45) is 5.73 Å². The highest BCUT2D eigenvalue weighted by atomic mass is 16.5. The fourth-order valence-electron chi connectivity index (χ4n) is 1.61. The van der Waals surface area contributed by atoms with E-state index >= 15 is 0 Å². The molecule has 1 unspecified atom stereocenters. The first kappa shape index (κ1) is 17.6. The molecule has 0 saturated heterocycles. The number of benzene rings is 1. The molecule has 1 rings (SSSR count). The van der Waals surface area contributed by atoms with Gasteiger partial charge in [-0.15, -0.1) is 0 Å². The Morgan fingerprint density at radius 1 is 1.23 bits per heavy atom. The van der Waals surface area contributed by atoms with Crippen LogP contribution in [0.15, 0.2) is 24.3 Å². The van der Waals surface area contributed by atoms with E-state index < -0.39 is 5.97 Å². The third kappa shape index (κ3) is 6.36. The minimum Gasteiger partial charge on any atom is -0.468 e. The van der Waals surface area contributed by atoms with Gasteiger partial charge in [0.2, 0.25) is 5.91 Å². The number of nitrogens with one attached hydrogen (secondary N) is 2. The van der Waals surface area contributed by atoms with Crippen molar-refractivity contribution >= 4 is 23.5 Å². The Hall–Kier alpha value is -2.41. The Morgan fingerprint density at radius 2 is 1.86 bits per heavy atom. The molecular formula is C15H21N3O4. The fraction of sp³-hybridized carbons (Fsp3) is 0.400. The summed E-state index contributed by atoms with van der Waals surface area (Å²) < 4.78 is 4.43. The Morgan fingerprint density at radius 3 is 2.41 bits per heavy atom. The molecule has 0 aliphatic carbocycles. The molecule has 7 nitrogen and oxygen atoms in total. The molecule has 0 spiro atoms. The third-order valence-electron chi connectivity index (χ3n) is 2.88. The van der Waals surface area contributed by atoms with E-state index in [1.54, 1.807) is 24.3 Å². The van der Waals surface area contributed by atoms with Crippen LogP contribution in [0, 0.1) is 0 Å². The summed E-state index contributed by atoms with van der Waals surface area (Å²) in [6, 6.07) is 6.35. The number of amides is 2. The van der Waals surface area contributed by atoms with E-state index in [1.165, 1.54) is 7.11 Å². The number of anilines is 1. The number of ether oxygens (including phenoxy) is 1. The number of hydrogen-bond donors (Lipinski definition) is 3. The van der Waals surface area contributed by atoms with Gasteiger partial charge in [-0.1, -0.05) is 0 Å². The van der Waals surface area contributed by atoms with Gasteiger partial charge in [-0.25, -0.2) is 0 Å². The summed E-state index contributed by atoms with van der Waals surface area (Å²) in [4.78, 5) is 34.3. The fourth-order valence-corrected chi connectivity index (χ4v) is 1.61. The summed E-state index contributed by atoms with van der Waals surface area (Å²) in [5.74, 6) is -1.04. The standard InChI is InChI=1S/C15H21N3O4/c1-10(16)3-8-13(19)18-12-6-4-11(5-7-12)15(21)17-9-14(20)22-2/h4-7,10H,3,8-9,16H2,1-2H3,(H,17,21)(H,18,19). The van der Waals surface area contributed by atoms with Gasteiger partial charge in [0.15, 0.2) is 0 Å². The van der Waals surface area contributed by atoms with E-state index in [0.717, 1.165) is 0 Å². The highest BCUT2D eigenvalue weighted by molar-refractivity contribution is 5.97. The van der Waals surface area contributed by atoms with Gasteiger partial charge >= 0.3 is 5.97 Å². The third-order valence-corrected chi connectivity index (χ3v) is 2.88. The summed E-state index contributed by atoms with van der Waals surface area (Å²) in [6.07, 6.45) is 0.957. The Kier molecular flexibility index (Phi) is 7.04. The summed E-state index contributed by atoms with van der Waals surface area (Å²) in [7, 11) is 1.25. The number of nitrogens with two attached hydrogens (primary N) is 1. The van der Waals surface area contributed by atoms with Crippen molar-refractivity contribution in [3.05, 3.63) is 29.8 Å². The van der Waals surface area contributed by atoms with E-state index in [0.29, 0.717) is 24.1 Å². The lowest BCUT2D eigenvalue weighted by Crippen LogP contribution is -2.30. The molecule has 120 valence electrons. The highest BCUT2D eigenvalue weighted by Gasteiger charge is 2.09. The summed E-state index contributed by atoms with van der Waals surface area (Å²) >= 11 is 0. The zero-order valence-electron chi connectivity index (χ0n) is 12.7. The van der Waals surface area contributed by atoms with Crippen LogP contribution in [0.5, 0.6) is 0 Å². The van der Waals surface area contributed by atoms with Gasteiger partial charge in [-0.3, -0.25) is 14.4 Å². The van der Waals surface area contributed by atoms with Gasteiger partial charge < -0.3 is 21.1 Å². The predicted octanol–water partition coefficient (Wildman–Crippen LogP) is 0.655. The second-order valence-electron chi connectivity index (χ2n) is 4.90. The first-order chi connectivity index (χ1) is 10.4. The number of carbonyl (C=O) groups excluding carboxylic acids is 3. The molecule has 0 saturated carbocycles. The minimum atomic E-state index is -0.522. The summed E-state index contributed by atoms with van der Waals surface area (Å²) in [5.41, 5.74) is 6.57. The number of methoxy groups -OCH3 is 1. The Bertz CT molecular complexity index is 526. The van der Waals surface area contributed by atoms with E-state index in [2.05, 4.69) is 15.4 Å². The van der Waals surface area contributed by atoms with Gasteiger partial charge in [0.05, 0.1) is 7.11 Å². The molecule has 1 aromatic carbocycles. The average Bonchev–Trinajstić information content (AvgIpc) is 2.51. The lowest BCUT2D eigenvalue weighted by molar-refractivity contribution is -0.139. The molecule has 0 aromatic heterocycles. The molecule has 22 heavy (non-hydrogen) atoms. The number of carbonyl (C=O) groups is 3. The zero-order valence-corrected chi connectivity index (χ0v) is 12.7.